The lowest BCUT2D eigenvalue weighted by Crippen LogP contribution is -2.52. The minimum atomic E-state index is -3.75. The van der Waals surface area contributed by atoms with Crippen LogP contribution in [0.5, 0.6) is 0 Å². The normalized spacial score (nSPS) is 13.2. The van der Waals surface area contributed by atoms with Crippen molar-refractivity contribution in [1.29, 1.82) is 0 Å². The molecule has 2 aromatic carbocycles. The van der Waals surface area contributed by atoms with Crippen LogP contribution in [-0.4, -0.2) is 50.0 Å². The second-order valence-electron chi connectivity index (χ2n) is 7.89. The summed E-state index contributed by atoms with van der Waals surface area (Å²) >= 11 is 6.73. The average Bonchev–Trinajstić information content (AvgIpc) is 2.75. The van der Waals surface area contributed by atoms with Crippen molar-refractivity contribution in [1.82, 2.24) is 10.2 Å². The minimum absolute atomic E-state index is 0.0428. The smallest absolute Gasteiger partial charge is 0.244 e. The molecule has 1 N–H and O–H groups in total. The average molecular weight is 603 g/mol. The number of carbonyl (C=O) groups is 2. The first-order valence-electron chi connectivity index (χ1n) is 10.5. The van der Waals surface area contributed by atoms with E-state index in [-0.39, 0.29) is 18.5 Å². The van der Waals surface area contributed by atoms with E-state index in [1.165, 1.54) is 4.90 Å². The van der Waals surface area contributed by atoms with E-state index in [0.29, 0.717) is 10.2 Å². The fourth-order valence-corrected chi connectivity index (χ4v) is 4.57. The number of anilines is 1. The summed E-state index contributed by atoms with van der Waals surface area (Å²) in [5.41, 5.74) is 1.18. The topological polar surface area (TPSA) is 86.8 Å². The number of hydrogen-bond donors (Lipinski definition) is 1. The van der Waals surface area contributed by atoms with E-state index >= 15 is 0 Å². The summed E-state index contributed by atoms with van der Waals surface area (Å²) in [5.74, 6) is -0.765. The Morgan fingerprint density at radius 2 is 1.67 bits per heavy atom. The molecule has 2 atom stereocenters. The van der Waals surface area contributed by atoms with E-state index in [9.17, 15) is 18.0 Å². The van der Waals surface area contributed by atoms with Gasteiger partial charge in [0, 0.05) is 21.5 Å². The zero-order chi connectivity index (χ0) is 24.8. The summed E-state index contributed by atoms with van der Waals surface area (Å²) in [6.07, 6.45) is 1.81. The molecule has 33 heavy (non-hydrogen) atoms. The van der Waals surface area contributed by atoms with Crippen molar-refractivity contribution in [2.75, 3.05) is 17.1 Å². The monoisotopic (exact) mass is 601 g/mol. The number of benzene rings is 2. The van der Waals surface area contributed by atoms with Crippen LogP contribution in [0.1, 0.15) is 32.8 Å². The van der Waals surface area contributed by atoms with Crippen LogP contribution in [0.2, 0.25) is 0 Å². The molecule has 0 aliphatic carbocycles. The molecule has 0 heterocycles. The number of sulfonamides is 1. The Morgan fingerprint density at radius 1 is 1.03 bits per heavy atom. The molecule has 7 nitrogen and oxygen atoms in total. The molecule has 2 aromatic rings. The Morgan fingerprint density at radius 3 is 2.21 bits per heavy atom. The lowest BCUT2D eigenvalue weighted by Gasteiger charge is -2.32. The fraction of sp³-hybridized carbons (Fsp3) is 0.391. The van der Waals surface area contributed by atoms with Crippen molar-refractivity contribution < 1.29 is 18.0 Å². The van der Waals surface area contributed by atoms with Gasteiger partial charge in [0.1, 0.15) is 12.6 Å². The number of rotatable bonds is 10. The molecule has 2 rings (SSSR count). The van der Waals surface area contributed by atoms with E-state index in [1.807, 2.05) is 38.1 Å². The Bertz CT molecular complexity index is 1080. The molecule has 0 fully saturated rings. The number of carbonyl (C=O) groups excluding carboxylic acids is 2. The summed E-state index contributed by atoms with van der Waals surface area (Å²) in [7, 11) is -3.75. The Kier molecular flexibility index (Phi) is 9.93. The first-order chi connectivity index (χ1) is 15.4. The third kappa shape index (κ3) is 8.12. The first-order valence-corrected chi connectivity index (χ1v) is 13.9. The van der Waals surface area contributed by atoms with Crippen LogP contribution in [0.4, 0.5) is 5.69 Å². The Hall–Kier alpha value is -1.91. The van der Waals surface area contributed by atoms with Crippen molar-refractivity contribution >= 4 is 59.4 Å². The fourth-order valence-electron chi connectivity index (χ4n) is 3.08. The number of halogens is 2. The summed E-state index contributed by atoms with van der Waals surface area (Å²) in [6.45, 7) is 5.24. The largest absolute Gasteiger partial charge is 0.352 e. The van der Waals surface area contributed by atoms with Gasteiger partial charge in [0.15, 0.2) is 0 Å². The second-order valence-corrected chi connectivity index (χ2v) is 11.6. The van der Waals surface area contributed by atoms with E-state index in [1.54, 1.807) is 31.2 Å². The number of amides is 2. The van der Waals surface area contributed by atoms with Crippen LogP contribution in [0, 0.1) is 0 Å². The lowest BCUT2D eigenvalue weighted by atomic mass is 10.1. The maximum atomic E-state index is 13.4. The third-order valence-electron chi connectivity index (χ3n) is 5.21. The van der Waals surface area contributed by atoms with Crippen LogP contribution < -0.4 is 9.62 Å². The van der Waals surface area contributed by atoms with Gasteiger partial charge in [-0.2, -0.15) is 0 Å². The molecule has 0 saturated heterocycles. The van der Waals surface area contributed by atoms with Gasteiger partial charge in [-0.3, -0.25) is 13.9 Å². The Balaban J connectivity index is 2.37. The predicted molar refractivity (Wildman–Crippen MR) is 138 cm³/mol. The van der Waals surface area contributed by atoms with Crippen LogP contribution >= 0.6 is 31.9 Å². The molecule has 0 aliphatic rings. The Labute approximate surface area is 212 Å². The van der Waals surface area contributed by atoms with Gasteiger partial charge in [-0.05, 0) is 56.2 Å². The van der Waals surface area contributed by atoms with Gasteiger partial charge in [-0.25, -0.2) is 8.42 Å². The summed E-state index contributed by atoms with van der Waals surface area (Å²) in [5, 5.41) is 2.90. The lowest BCUT2D eigenvalue weighted by molar-refractivity contribution is -0.139. The molecule has 0 unspecified atom stereocenters. The van der Waals surface area contributed by atoms with Crippen molar-refractivity contribution in [3.8, 4) is 0 Å². The minimum Gasteiger partial charge on any atom is -0.352 e. The molecule has 0 aliphatic heterocycles. The standard InChI is InChI=1S/C23H29Br2N3O4S/c1-5-16(2)26-23(30)17(3)27(14-18-9-11-19(24)12-10-18)22(29)15-28(33(4,31)32)21-8-6-7-20(25)13-21/h6-13,16-17H,5,14-15H2,1-4H3,(H,26,30)/t16-,17-/m1/s1. The van der Waals surface area contributed by atoms with Crippen molar-refractivity contribution in [3.63, 3.8) is 0 Å². The zero-order valence-corrected chi connectivity index (χ0v) is 23.1. The molecule has 10 heteroatoms. The van der Waals surface area contributed by atoms with Crippen LogP contribution in [0.15, 0.2) is 57.5 Å². The molecule has 180 valence electrons. The van der Waals surface area contributed by atoms with Crippen molar-refractivity contribution in [2.24, 2.45) is 0 Å². The molecule has 0 saturated carbocycles. The third-order valence-corrected chi connectivity index (χ3v) is 7.37. The van der Waals surface area contributed by atoms with Crippen LogP contribution in [0.25, 0.3) is 0 Å². The SMILES string of the molecule is CC[C@@H](C)NC(=O)[C@@H](C)N(Cc1ccc(Br)cc1)C(=O)CN(c1cccc(Br)c1)S(C)(=O)=O. The summed E-state index contributed by atoms with van der Waals surface area (Å²) < 4.78 is 27.7. The van der Waals surface area contributed by atoms with E-state index in [4.69, 9.17) is 0 Å². The van der Waals surface area contributed by atoms with Gasteiger partial charge in [0.05, 0.1) is 11.9 Å². The van der Waals surface area contributed by atoms with Gasteiger partial charge in [-0.1, -0.05) is 57.0 Å². The zero-order valence-electron chi connectivity index (χ0n) is 19.1. The molecule has 0 bridgehead atoms. The highest BCUT2D eigenvalue weighted by molar-refractivity contribution is 9.10. The van der Waals surface area contributed by atoms with Crippen molar-refractivity contribution in [3.05, 3.63) is 63.0 Å². The molecule has 0 radical (unpaired) electrons. The highest BCUT2D eigenvalue weighted by Crippen LogP contribution is 2.23. The van der Waals surface area contributed by atoms with Crippen LogP contribution in [-0.2, 0) is 26.2 Å². The van der Waals surface area contributed by atoms with Crippen LogP contribution in [0.3, 0.4) is 0 Å². The summed E-state index contributed by atoms with van der Waals surface area (Å²) in [6, 6.07) is 13.3. The van der Waals surface area contributed by atoms with E-state index < -0.39 is 28.5 Å². The molecule has 2 amide bonds. The van der Waals surface area contributed by atoms with Gasteiger partial charge < -0.3 is 10.2 Å². The molecular weight excluding hydrogens is 574 g/mol. The van der Waals surface area contributed by atoms with E-state index in [0.717, 1.165) is 27.0 Å². The predicted octanol–water partition coefficient (Wildman–Crippen LogP) is 4.31. The molecule has 0 aromatic heterocycles. The quantitative estimate of drug-likeness (QED) is 0.439. The number of hydrogen-bond acceptors (Lipinski definition) is 4. The first kappa shape index (κ1) is 27.3. The maximum absolute atomic E-state index is 13.4. The highest BCUT2D eigenvalue weighted by atomic mass is 79.9. The summed E-state index contributed by atoms with van der Waals surface area (Å²) in [4.78, 5) is 27.7. The van der Waals surface area contributed by atoms with Gasteiger partial charge >= 0.3 is 0 Å². The van der Waals surface area contributed by atoms with E-state index in [2.05, 4.69) is 37.2 Å². The molecule has 0 spiro atoms. The van der Waals surface area contributed by atoms with Gasteiger partial charge in [-0.15, -0.1) is 0 Å². The number of nitrogens with one attached hydrogen (secondary N) is 1. The van der Waals surface area contributed by atoms with Gasteiger partial charge in [0.2, 0.25) is 21.8 Å². The second kappa shape index (κ2) is 12.0. The molecular formula is C23H29Br2N3O4S. The maximum Gasteiger partial charge on any atom is 0.244 e. The highest BCUT2D eigenvalue weighted by Gasteiger charge is 2.30. The van der Waals surface area contributed by atoms with Crippen molar-refractivity contribution in [2.45, 2.75) is 45.8 Å². The number of nitrogens with zero attached hydrogens (tertiary/aromatic N) is 2. The van der Waals surface area contributed by atoms with Gasteiger partial charge in [0.25, 0.3) is 0 Å².